The molecule has 0 radical (unpaired) electrons. The Morgan fingerprint density at radius 1 is 1.26 bits per heavy atom. The van der Waals surface area contributed by atoms with Crippen molar-refractivity contribution in [3.8, 4) is 0 Å². The molecular formula is C15H18ClN3. The molecule has 1 atom stereocenters. The van der Waals surface area contributed by atoms with Gasteiger partial charge in [-0.05, 0) is 43.8 Å². The fourth-order valence-corrected chi connectivity index (χ4v) is 2.10. The molecule has 100 valence electrons. The van der Waals surface area contributed by atoms with E-state index >= 15 is 0 Å². The van der Waals surface area contributed by atoms with E-state index in [-0.39, 0.29) is 0 Å². The third-order valence-electron chi connectivity index (χ3n) is 3.27. The van der Waals surface area contributed by atoms with Gasteiger partial charge in [0.05, 0.1) is 5.69 Å². The normalized spacial score (nSPS) is 12.6. The Morgan fingerprint density at radius 2 is 1.95 bits per heavy atom. The van der Waals surface area contributed by atoms with Crippen LogP contribution < -0.4 is 5.73 Å². The minimum absolute atomic E-state index is 0.292. The SMILES string of the molecule is CC(c1ccc(Cl)cc1)N(C)Cc1cc(N)ccn1. The molecule has 0 saturated carbocycles. The zero-order valence-electron chi connectivity index (χ0n) is 11.2. The maximum absolute atomic E-state index is 5.91. The number of pyridine rings is 1. The van der Waals surface area contributed by atoms with Crippen LogP contribution in [0.3, 0.4) is 0 Å². The summed E-state index contributed by atoms with van der Waals surface area (Å²) in [5.74, 6) is 0. The maximum atomic E-state index is 5.91. The first-order valence-corrected chi connectivity index (χ1v) is 6.60. The van der Waals surface area contributed by atoms with Crippen molar-refractivity contribution < 1.29 is 0 Å². The molecule has 0 aliphatic rings. The summed E-state index contributed by atoms with van der Waals surface area (Å²) in [4.78, 5) is 6.55. The van der Waals surface area contributed by atoms with Crippen molar-refractivity contribution in [3.63, 3.8) is 0 Å². The van der Waals surface area contributed by atoms with Crippen LogP contribution >= 0.6 is 11.6 Å². The molecule has 0 saturated heterocycles. The number of nitrogen functional groups attached to an aromatic ring is 1. The van der Waals surface area contributed by atoms with Gasteiger partial charge >= 0.3 is 0 Å². The van der Waals surface area contributed by atoms with E-state index < -0.39 is 0 Å². The van der Waals surface area contributed by atoms with Crippen molar-refractivity contribution in [2.75, 3.05) is 12.8 Å². The molecule has 4 heteroatoms. The lowest BCUT2D eigenvalue weighted by Gasteiger charge is -2.24. The third kappa shape index (κ3) is 3.69. The van der Waals surface area contributed by atoms with E-state index in [4.69, 9.17) is 17.3 Å². The van der Waals surface area contributed by atoms with Crippen LogP contribution in [0, 0.1) is 0 Å². The van der Waals surface area contributed by atoms with Crippen LogP contribution in [-0.4, -0.2) is 16.9 Å². The third-order valence-corrected chi connectivity index (χ3v) is 3.52. The zero-order chi connectivity index (χ0) is 13.8. The Balaban J connectivity index is 2.07. The largest absolute Gasteiger partial charge is 0.399 e. The van der Waals surface area contributed by atoms with Crippen molar-refractivity contribution in [2.45, 2.75) is 19.5 Å². The van der Waals surface area contributed by atoms with Crippen molar-refractivity contribution in [3.05, 3.63) is 58.9 Å². The highest BCUT2D eigenvalue weighted by molar-refractivity contribution is 6.30. The predicted molar refractivity (Wildman–Crippen MR) is 80.0 cm³/mol. The summed E-state index contributed by atoms with van der Waals surface area (Å²) in [7, 11) is 2.07. The van der Waals surface area contributed by atoms with E-state index in [9.17, 15) is 0 Å². The number of halogens is 1. The topological polar surface area (TPSA) is 42.1 Å². The highest BCUT2D eigenvalue weighted by atomic mass is 35.5. The van der Waals surface area contributed by atoms with Gasteiger partial charge in [0.25, 0.3) is 0 Å². The monoisotopic (exact) mass is 275 g/mol. The van der Waals surface area contributed by atoms with Crippen LogP contribution in [0.1, 0.15) is 24.2 Å². The molecule has 2 aromatic rings. The molecule has 1 aromatic carbocycles. The van der Waals surface area contributed by atoms with Gasteiger partial charge in [0, 0.05) is 29.5 Å². The molecular weight excluding hydrogens is 258 g/mol. The van der Waals surface area contributed by atoms with Gasteiger partial charge < -0.3 is 5.73 Å². The number of hydrogen-bond donors (Lipinski definition) is 1. The average molecular weight is 276 g/mol. The fourth-order valence-electron chi connectivity index (χ4n) is 1.97. The lowest BCUT2D eigenvalue weighted by atomic mass is 10.1. The standard InChI is InChI=1S/C15H18ClN3/c1-11(12-3-5-13(16)6-4-12)19(2)10-15-9-14(17)7-8-18-15/h3-9,11H,10H2,1-2H3,(H2,17,18). The second-order valence-electron chi connectivity index (χ2n) is 4.72. The summed E-state index contributed by atoms with van der Waals surface area (Å²) in [5, 5.41) is 0.760. The van der Waals surface area contributed by atoms with E-state index in [2.05, 4.69) is 36.0 Å². The van der Waals surface area contributed by atoms with Gasteiger partial charge in [-0.25, -0.2) is 0 Å². The minimum atomic E-state index is 0.292. The van der Waals surface area contributed by atoms with Crippen molar-refractivity contribution in [1.29, 1.82) is 0 Å². The zero-order valence-corrected chi connectivity index (χ0v) is 11.9. The fraction of sp³-hybridized carbons (Fsp3) is 0.267. The first-order valence-electron chi connectivity index (χ1n) is 6.22. The second-order valence-corrected chi connectivity index (χ2v) is 5.16. The first-order chi connectivity index (χ1) is 9.06. The predicted octanol–water partition coefficient (Wildman–Crippen LogP) is 3.51. The molecule has 2 rings (SSSR count). The van der Waals surface area contributed by atoms with Crippen LogP contribution in [0.15, 0.2) is 42.6 Å². The number of aromatic nitrogens is 1. The number of nitrogens with two attached hydrogens (primary N) is 1. The molecule has 3 nitrogen and oxygen atoms in total. The lowest BCUT2D eigenvalue weighted by molar-refractivity contribution is 0.250. The van der Waals surface area contributed by atoms with E-state index in [1.165, 1.54) is 5.56 Å². The number of rotatable bonds is 4. The van der Waals surface area contributed by atoms with Crippen LogP contribution in [0.25, 0.3) is 0 Å². The smallest absolute Gasteiger partial charge is 0.0564 e. The summed E-state index contributed by atoms with van der Waals surface area (Å²) < 4.78 is 0. The average Bonchev–Trinajstić information content (AvgIpc) is 2.39. The highest BCUT2D eigenvalue weighted by Crippen LogP contribution is 2.22. The quantitative estimate of drug-likeness (QED) is 0.928. The van der Waals surface area contributed by atoms with E-state index in [1.807, 2.05) is 18.2 Å². The molecule has 0 aliphatic carbocycles. The van der Waals surface area contributed by atoms with Gasteiger partial charge in [0.1, 0.15) is 0 Å². The summed E-state index contributed by atoms with van der Waals surface area (Å²) in [6.07, 6.45) is 1.74. The van der Waals surface area contributed by atoms with Crippen LogP contribution in [-0.2, 0) is 6.54 Å². The molecule has 0 spiro atoms. The van der Waals surface area contributed by atoms with Gasteiger partial charge in [-0.3, -0.25) is 9.88 Å². The highest BCUT2D eigenvalue weighted by Gasteiger charge is 2.12. The van der Waals surface area contributed by atoms with Gasteiger partial charge in [-0.15, -0.1) is 0 Å². The van der Waals surface area contributed by atoms with E-state index in [1.54, 1.807) is 12.3 Å². The molecule has 0 amide bonds. The van der Waals surface area contributed by atoms with Gasteiger partial charge in [0.2, 0.25) is 0 Å². The Hall–Kier alpha value is -1.58. The Morgan fingerprint density at radius 3 is 2.58 bits per heavy atom. The maximum Gasteiger partial charge on any atom is 0.0564 e. The molecule has 1 aromatic heterocycles. The Kier molecular flexibility index (Phi) is 4.40. The van der Waals surface area contributed by atoms with Crippen LogP contribution in [0.5, 0.6) is 0 Å². The van der Waals surface area contributed by atoms with Crippen LogP contribution in [0.4, 0.5) is 5.69 Å². The number of benzene rings is 1. The van der Waals surface area contributed by atoms with Crippen molar-refractivity contribution in [2.24, 2.45) is 0 Å². The van der Waals surface area contributed by atoms with Crippen molar-refractivity contribution >= 4 is 17.3 Å². The molecule has 1 unspecified atom stereocenters. The molecule has 0 aliphatic heterocycles. The van der Waals surface area contributed by atoms with Gasteiger partial charge in [-0.1, -0.05) is 23.7 Å². The minimum Gasteiger partial charge on any atom is -0.399 e. The van der Waals surface area contributed by atoms with Gasteiger partial charge in [-0.2, -0.15) is 0 Å². The van der Waals surface area contributed by atoms with Crippen LogP contribution in [0.2, 0.25) is 5.02 Å². The molecule has 2 N–H and O–H groups in total. The summed E-state index contributed by atoms with van der Waals surface area (Å²) >= 11 is 5.91. The summed E-state index contributed by atoms with van der Waals surface area (Å²) in [6, 6.07) is 11.9. The Bertz CT molecular complexity index is 539. The molecule has 19 heavy (non-hydrogen) atoms. The second kappa shape index (κ2) is 6.04. The first kappa shape index (κ1) is 13.8. The number of anilines is 1. The molecule has 0 fully saturated rings. The molecule has 1 heterocycles. The number of nitrogens with zero attached hydrogens (tertiary/aromatic N) is 2. The van der Waals surface area contributed by atoms with E-state index in [0.29, 0.717) is 6.04 Å². The van der Waals surface area contributed by atoms with E-state index in [0.717, 1.165) is 22.9 Å². The summed E-state index contributed by atoms with van der Waals surface area (Å²) in [6.45, 7) is 2.92. The lowest BCUT2D eigenvalue weighted by Crippen LogP contribution is -2.22. The Labute approximate surface area is 119 Å². The molecule has 0 bridgehead atoms. The summed E-state index contributed by atoms with van der Waals surface area (Å²) in [5.41, 5.74) is 8.72. The van der Waals surface area contributed by atoms with Crippen molar-refractivity contribution in [1.82, 2.24) is 9.88 Å². The van der Waals surface area contributed by atoms with Gasteiger partial charge in [0.15, 0.2) is 0 Å². The number of hydrogen-bond acceptors (Lipinski definition) is 3.